The third kappa shape index (κ3) is 4.75. The molecule has 180 valence electrons. The lowest BCUT2D eigenvalue weighted by atomic mass is 9.89. The van der Waals surface area contributed by atoms with Crippen molar-refractivity contribution in [1.29, 1.82) is 0 Å². The van der Waals surface area contributed by atoms with Gasteiger partial charge in [-0.25, -0.2) is 4.39 Å². The number of likely N-dealkylation sites (tertiary alicyclic amines) is 1. The number of nitrogens with one attached hydrogen (secondary N) is 1. The Balaban J connectivity index is 1.40. The number of carbonyl (C=O) groups is 3. The molecule has 0 aromatic heterocycles. The quantitative estimate of drug-likeness (QED) is 0.351. The van der Waals surface area contributed by atoms with E-state index in [1.165, 1.54) is 18.2 Å². The number of rotatable bonds is 6. The third-order valence-electron chi connectivity index (χ3n) is 6.50. The monoisotopic (exact) mass is 480 g/mol. The van der Waals surface area contributed by atoms with E-state index in [4.69, 9.17) is 0 Å². The molecule has 1 heterocycles. The van der Waals surface area contributed by atoms with Gasteiger partial charge in [0, 0.05) is 35.5 Å². The number of ketones is 3. The van der Waals surface area contributed by atoms with E-state index in [0.29, 0.717) is 28.1 Å². The van der Waals surface area contributed by atoms with E-state index in [0.717, 1.165) is 37.9 Å². The Morgan fingerprint density at radius 1 is 0.806 bits per heavy atom. The number of nitrogens with zero attached hydrogens (tertiary/aromatic N) is 1. The van der Waals surface area contributed by atoms with Crippen molar-refractivity contribution < 1.29 is 18.8 Å². The maximum absolute atomic E-state index is 13.4. The number of piperidine rings is 1. The highest BCUT2D eigenvalue weighted by Gasteiger charge is 2.35. The average Bonchev–Trinajstić information content (AvgIpc) is 2.92. The number of benzene rings is 3. The molecular formula is C30H25FN2O3. The summed E-state index contributed by atoms with van der Waals surface area (Å²) >= 11 is 0. The summed E-state index contributed by atoms with van der Waals surface area (Å²) in [4.78, 5) is 41.5. The number of fused-ring (bicyclic) bond motifs is 1. The third-order valence-corrected chi connectivity index (χ3v) is 6.50. The van der Waals surface area contributed by atoms with Gasteiger partial charge >= 0.3 is 0 Å². The van der Waals surface area contributed by atoms with Crippen molar-refractivity contribution in [1.82, 2.24) is 4.90 Å². The lowest BCUT2D eigenvalue weighted by Crippen LogP contribution is -2.39. The second-order valence-electron chi connectivity index (χ2n) is 8.93. The first-order chi connectivity index (χ1) is 17.5. The Hall–Kier alpha value is -4.32. The molecule has 3 aromatic rings. The van der Waals surface area contributed by atoms with E-state index >= 15 is 0 Å². The smallest absolute Gasteiger partial charge is 0.212 e. The van der Waals surface area contributed by atoms with Crippen molar-refractivity contribution in [3.8, 4) is 0 Å². The van der Waals surface area contributed by atoms with E-state index in [9.17, 15) is 18.8 Å². The van der Waals surface area contributed by atoms with E-state index in [2.05, 4.69) is 5.32 Å². The molecule has 0 amide bonds. The molecule has 1 fully saturated rings. The van der Waals surface area contributed by atoms with Crippen LogP contribution >= 0.6 is 0 Å². The number of hydrogen-bond donors (Lipinski definition) is 1. The van der Waals surface area contributed by atoms with Crippen LogP contribution in [-0.4, -0.2) is 35.3 Å². The van der Waals surface area contributed by atoms with Crippen molar-refractivity contribution in [3.05, 3.63) is 118 Å². The molecule has 1 aliphatic carbocycles. The molecule has 5 nitrogen and oxygen atoms in total. The second-order valence-corrected chi connectivity index (χ2v) is 8.93. The highest BCUT2D eigenvalue weighted by Crippen LogP contribution is 2.31. The van der Waals surface area contributed by atoms with Gasteiger partial charge in [-0.2, -0.15) is 0 Å². The predicted octanol–water partition coefficient (Wildman–Crippen LogP) is 5.91. The van der Waals surface area contributed by atoms with Gasteiger partial charge in [-0.05, 0) is 67.3 Å². The minimum atomic E-state index is -0.332. The van der Waals surface area contributed by atoms with Crippen molar-refractivity contribution in [2.75, 3.05) is 18.4 Å². The summed E-state index contributed by atoms with van der Waals surface area (Å²) in [6, 6.07) is 19.6. The first-order valence-electron chi connectivity index (χ1n) is 12.0. The maximum Gasteiger partial charge on any atom is 0.212 e. The topological polar surface area (TPSA) is 66.5 Å². The van der Waals surface area contributed by atoms with Crippen LogP contribution in [0.1, 0.15) is 55.9 Å². The van der Waals surface area contributed by atoms with E-state index in [1.807, 2.05) is 4.90 Å². The molecule has 6 heteroatoms. The predicted molar refractivity (Wildman–Crippen MR) is 137 cm³/mol. The van der Waals surface area contributed by atoms with Crippen LogP contribution in [0.5, 0.6) is 0 Å². The summed E-state index contributed by atoms with van der Waals surface area (Å²) in [5, 5.41) is 3.18. The zero-order chi connectivity index (χ0) is 25.1. The molecule has 5 rings (SSSR count). The maximum atomic E-state index is 13.4. The summed E-state index contributed by atoms with van der Waals surface area (Å²) in [5.74, 6) is -0.890. The molecule has 1 aliphatic heterocycles. The minimum Gasteiger partial charge on any atom is -0.367 e. The molecule has 0 atom stereocenters. The van der Waals surface area contributed by atoms with Crippen LogP contribution in [0.2, 0.25) is 0 Å². The average molecular weight is 481 g/mol. The Morgan fingerprint density at radius 2 is 1.44 bits per heavy atom. The minimum absolute atomic E-state index is 0.146. The van der Waals surface area contributed by atoms with Gasteiger partial charge in [-0.15, -0.1) is 0 Å². The number of carbonyl (C=O) groups excluding carboxylic acids is 3. The Bertz CT molecular complexity index is 1380. The van der Waals surface area contributed by atoms with Gasteiger partial charge in [0.15, 0.2) is 5.78 Å². The van der Waals surface area contributed by atoms with Crippen LogP contribution in [-0.2, 0) is 0 Å². The molecule has 0 unspecified atom stereocenters. The van der Waals surface area contributed by atoms with Crippen LogP contribution in [0, 0.1) is 5.82 Å². The van der Waals surface area contributed by atoms with Gasteiger partial charge in [-0.3, -0.25) is 14.4 Å². The molecule has 2 aliphatic rings. The lowest BCUT2D eigenvalue weighted by molar-refractivity contribution is 0.0935. The summed E-state index contributed by atoms with van der Waals surface area (Å²) in [5.41, 5.74) is 3.32. The van der Waals surface area contributed by atoms with E-state index < -0.39 is 0 Å². The Morgan fingerprint density at radius 3 is 2.11 bits per heavy atom. The number of Topliss-reactive ketones (excluding diaryl/α,β-unsaturated/α-hetero) is 2. The van der Waals surface area contributed by atoms with Crippen LogP contribution in [0.15, 0.2) is 90.3 Å². The number of hydrogen-bond acceptors (Lipinski definition) is 5. The molecule has 0 radical (unpaired) electrons. The Kier molecular flexibility index (Phi) is 6.58. The van der Waals surface area contributed by atoms with Crippen LogP contribution in [0.3, 0.4) is 0 Å². The summed E-state index contributed by atoms with van der Waals surface area (Å²) in [6.45, 7) is 1.46. The van der Waals surface area contributed by atoms with Gasteiger partial charge < -0.3 is 10.2 Å². The first-order valence-corrected chi connectivity index (χ1v) is 12.0. The van der Waals surface area contributed by atoms with Gasteiger partial charge in [0.1, 0.15) is 17.2 Å². The standard InChI is InChI=1S/C30H25FN2O3/c31-22-13-8-20(9-14-22)10-17-26(34)21-11-15-23(16-12-21)32-27-28(33-18-4-1-5-19-33)30(36)25-7-3-2-6-24(25)29(27)35/h2-3,6-17,32H,1,4-5,18-19H2/b17-10+. The van der Waals surface area contributed by atoms with E-state index in [-0.39, 0.29) is 28.9 Å². The van der Waals surface area contributed by atoms with Crippen molar-refractivity contribution >= 4 is 29.1 Å². The molecule has 1 N–H and O–H groups in total. The molecule has 0 spiro atoms. The van der Waals surface area contributed by atoms with Crippen LogP contribution in [0.25, 0.3) is 6.08 Å². The zero-order valence-electron chi connectivity index (χ0n) is 19.7. The largest absolute Gasteiger partial charge is 0.367 e. The van der Waals surface area contributed by atoms with Gasteiger partial charge in [0.2, 0.25) is 11.6 Å². The van der Waals surface area contributed by atoms with Gasteiger partial charge in [0.05, 0.1) is 0 Å². The molecule has 1 saturated heterocycles. The second kappa shape index (κ2) is 10.1. The number of halogens is 1. The summed E-state index contributed by atoms with van der Waals surface area (Å²) in [6.07, 6.45) is 6.13. The first kappa shape index (κ1) is 23.4. The molecule has 3 aromatic carbocycles. The summed E-state index contributed by atoms with van der Waals surface area (Å²) < 4.78 is 13.1. The fourth-order valence-corrected chi connectivity index (χ4v) is 4.60. The fraction of sp³-hybridized carbons (Fsp3) is 0.167. The highest BCUT2D eigenvalue weighted by atomic mass is 19.1. The highest BCUT2D eigenvalue weighted by molar-refractivity contribution is 6.27. The zero-order valence-corrected chi connectivity index (χ0v) is 19.7. The van der Waals surface area contributed by atoms with Crippen molar-refractivity contribution in [2.24, 2.45) is 0 Å². The van der Waals surface area contributed by atoms with Crippen LogP contribution < -0.4 is 5.32 Å². The summed E-state index contributed by atoms with van der Waals surface area (Å²) in [7, 11) is 0. The van der Waals surface area contributed by atoms with Crippen LogP contribution in [0.4, 0.5) is 10.1 Å². The van der Waals surface area contributed by atoms with Gasteiger partial charge in [-0.1, -0.05) is 42.5 Å². The SMILES string of the molecule is O=C(/C=C/c1ccc(F)cc1)c1ccc(NC2=C(N3CCCCC3)C(=O)c3ccccc3C2=O)cc1. The normalized spacial score (nSPS) is 15.9. The van der Waals surface area contributed by atoms with Gasteiger partial charge in [0.25, 0.3) is 0 Å². The number of anilines is 1. The lowest BCUT2D eigenvalue weighted by Gasteiger charge is -2.34. The molecular weight excluding hydrogens is 455 g/mol. The van der Waals surface area contributed by atoms with Crippen molar-refractivity contribution in [3.63, 3.8) is 0 Å². The van der Waals surface area contributed by atoms with Crippen molar-refractivity contribution in [2.45, 2.75) is 19.3 Å². The Labute approximate surface area is 208 Å². The molecule has 0 saturated carbocycles. The molecule has 0 bridgehead atoms. The molecule has 36 heavy (non-hydrogen) atoms. The van der Waals surface area contributed by atoms with E-state index in [1.54, 1.807) is 66.7 Å². The number of allylic oxidation sites excluding steroid dienone is 3. The fourth-order valence-electron chi connectivity index (χ4n) is 4.60.